The number of hydrogen-bond acceptors (Lipinski definition) is 2. The van der Waals surface area contributed by atoms with E-state index in [9.17, 15) is 9.18 Å². The smallest absolute Gasteiger partial charge is 0.256 e. The third kappa shape index (κ3) is 3.32. The summed E-state index contributed by atoms with van der Waals surface area (Å²) in [5.41, 5.74) is 7.57. The van der Waals surface area contributed by atoms with Crippen molar-refractivity contribution in [1.29, 1.82) is 0 Å². The second-order valence-corrected chi connectivity index (χ2v) is 5.07. The second kappa shape index (κ2) is 5.40. The lowest BCUT2D eigenvalue weighted by molar-refractivity contribution is 0.102. The average Bonchev–Trinajstić information content (AvgIpc) is 2.30. The van der Waals surface area contributed by atoms with Crippen molar-refractivity contribution in [3.8, 4) is 0 Å². The highest BCUT2D eigenvalue weighted by Gasteiger charge is 2.11. The topological polar surface area (TPSA) is 55.1 Å². The minimum atomic E-state index is -0.487. The minimum Gasteiger partial charge on any atom is -0.399 e. The highest BCUT2D eigenvalue weighted by molar-refractivity contribution is 9.10. The van der Waals surface area contributed by atoms with Crippen LogP contribution in [0.4, 0.5) is 15.8 Å². The Labute approximate surface area is 118 Å². The van der Waals surface area contributed by atoms with Gasteiger partial charge in [0.05, 0.1) is 5.56 Å². The zero-order valence-electron chi connectivity index (χ0n) is 10.2. The molecule has 5 heteroatoms. The first-order valence-corrected chi connectivity index (χ1v) is 6.38. The van der Waals surface area contributed by atoms with Gasteiger partial charge in [-0.3, -0.25) is 4.79 Å². The summed E-state index contributed by atoms with van der Waals surface area (Å²) in [6.07, 6.45) is 0. The summed E-state index contributed by atoms with van der Waals surface area (Å²) in [4.78, 5) is 12.1. The van der Waals surface area contributed by atoms with Gasteiger partial charge in [-0.2, -0.15) is 0 Å². The van der Waals surface area contributed by atoms with Gasteiger partial charge in [0.15, 0.2) is 0 Å². The zero-order chi connectivity index (χ0) is 14.0. The molecular weight excluding hydrogens is 311 g/mol. The Hall–Kier alpha value is -1.88. The molecule has 0 unspecified atom stereocenters. The lowest BCUT2D eigenvalue weighted by Crippen LogP contribution is -2.13. The van der Waals surface area contributed by atoms with E-state index < -0.39 is 5.82 Å². The number of anilines is 2. The van der Waals surface area contributed by atoms with Crippen LogP contribution in [0.25, 0.3) is 0 Å². The van der Waals surface area contributed by atoms with Crippen LogP contribution in [0.3, 0.4) is 0 Å². The third-order valence-electron chi connectivity index (χ3n) is 2.54. The van der Waals surface area contributed by atoms with E-state index in [0.717, 1.165) is 5.56 Å². The van der Waals surface area contributed by atoms with Gasteiger partial charge in [0.2, 0.25) is 0 Å². The first kappa shape index (κ1) is 13.5. The molecule has 19 heavy (non-hydrogen) atoms. The fourth-order valence-corrected chi connectivity index (χ4v) is 2.12. The molecule has 0 aliphatic carbocycles. The summed E-state index contributed by atoms with van der Waals surface area (Å²) in [6.45, 7) is 1.89. The van der Waals surface area contributed by atoms with Crippen molar-refractivity contribution in [2.45, 2.75) is 6.92 Å². The largest absolute Gasteiger partial charge is 0.399 e. The summed E-state index contributed by atoms with van der Waals surface area (Å²) >= 11 is 3.31. The van der Waals surface area contributed by atoms with Crippen LogP contribution in [0.2, 0.25) is 0 Å². The monoisotopic (exact) mass is 322 g/mol. The molecule has 98 valence electrons. The van der Waals surface area contributed by atoms with Crippen LogP contribution in [0.5, 0.6) is 0 Å². The second-order valence-electron chi connectivity index (χ2n) is 4.21. The van der Waals surface area contributed by atoms with Gasteiger partial charge in [0, 0.05) is 15.8 Å². The molecular formula is C14H12BrFN2O. The molecule has 3 nitrogen and oxygen atoms in total. The van der Waals surface area contributed by atoms with E-state index in [4.69, 9.17) is 5.73 Å². The van der Waals surface area contributed by atoms with Gasteiger partial charge >= 0.3 is 0 Å². The van der Waals surface area contributed by atoms with Gasteiger partial charge in [0.25, 0.3) is 5.91 Å². The number of carbonyl (C=O) groups excluding carboxylic acids is 1. The SMILES string of the molecule is Cc1ccc(Br)c(C(=O)Nc2cc(N)cc(F)c2)c1. The highest BCUT2D eigenvalue weighted by Crippen LogP contribution is 2.21. The zero-order valence-corrected chi connectivity index (χ0v) is 11.8. The number of aryl methyl sites for hydroxylation is 1. The molecule has 2 aromatic rings. The number of rotatable bonds is 2. The van der Waals surface area contributed by atoms with Crippen molar-refractivity contribution in [3.63, 3.8) is 0 Å². The maximum atomic E-state index is 13.2. The quantitative estimate of drug-likeness (QED) is 0.828. The van der Waals surface area contributed by atoms with E-state index in [1.807, 2.05) is 13.0 Å². The summed E-state index contributed by atoms with van der Waals surface area (Å²) < 4.78 is 13.9. The molecule has 0 heterocycles. The fourth-order valence-electron chi connectivity index (χ4n) is 1.70. The number of carbonyl (C=O) groups is 1. The molecule has 2 aromatic carbocycles. The summed E-state index contributed by atoms with van der Waals surface area (Å²) in [5.74, 6) is -0.806. The van der Waals surface area contributed by atoms with E-state index in [-0.39, 0.29) is 11.6 Å². The van der Waals surface area contributed by atoms with Crippen molar-refractivity contribution in [2.24, 2.45) is 0 Å². The van der Waals surface area contributed by atoms with E-state index in [1.165, 1.54) is 18.2 Å². The molecule has 3 N–H and O–H groups in total. The van der Waals surface area contributed by atoms with Crippen LogP contribution in [0.15, 0.2) is 40.9 Å². The Bertz CT molecular complexity index is 623. The number of hydrogen-bond donors (Lipinski definition) is 2. The number of nitrogen functional groups attached to an aromatic ring is 1. The van der Waals surface area contributed by atoms with Crippen molar-refractivity contribution >= 4 is 33.2 Å². The predicted octanol–water partition coefficient (Wildman–Crippen LogP) is 3.73. The van der Waals surface area contributed by atoms with Crippen LogP contribution in [0.1, 0.15) is 15.9 Å². The summed E-state index contributed by atoms with van der Waals surface area (Å²) in [6, 6.07) is 9.36. The van der Waals surface area contributed by atoms with E-state index >= 15 is 0 Å². The lowest BCUT2D eigenvalue weighted by atomic mass is 10.1. The Kier molecular flexibility index (Phi) is 3.85. The molecule has 0 atom stereocenters. The van der Waals surface area contributed by atoms with Crippen molar-refractivity contribution in [3.05, 3.63) is 57.8 Å². The van der Waals surface area contributed by atoms with Crippen molar-refractivity contribution < 1.29 is 9.18 Å². The van der Waals surface area contributed by atoms with E-state index in [1.54, 1.807) is 12.1 Å². The Balaban J connectivity index is 2.28. The molecule has 0 saturated carbocycles. The van der Waals surface area contributed by atoms with Crippen LogP contribution in [-0.4, -0.2) is 5.91 Å². The highest BCUT2D eigenvalue weighted by atomic mass is 79.9. The van der Waals surface area contributed by atoms with Gasteiger partial charge in [0.1, 0.15) is 5.82 Å². The molecule has 2 rings (SSSR count). The van der Waals surface area contributed by atoms with Gasteiger partial charge in [-0.25, -0.2) is 4.39 Å². The molecule has 1 amide bonds. The molecule has 0 aromatic heterocycles. The normalized spacial score (nSPS) is 10.3. The molecule has 0 radical (unpaired) electrons. The molecule has 0 fully saturated rings. The van der Waals surface area contributed by atoms with Gasteiger partial charge < -0.3 is 11.1 Å². The van der Waals surface area contributed by atoms with E-state index in [0.29, 0.717) is 15.7 Å². The number of halogens is 2. The molecule has 0 spiro atoms. The Morgan fingerprint density at radius 3 is 2.68 bits per heavy atom. The molecule has 0 aliphatic rings. The Morgan fingerprint density at radius 1 is 1.26 bits per heavy atom. The summed E-state index contributed by atoms with van der Waals surface area (Å²) in [5, 5.41) is 2.62. The van der Waals surface area contributed by atoms with Crippen LogP contribution in [-0.2, 0) is 0 Å². The number of nitrogens with two attached hydrogens (primary N) is 1. The first-order valence-electron chi connectivity index (χ1n) is 5.59. The van der Waals surface area contributed by atoms with Crippen LogP contribution in [0, 0.1) is 12.7 Å². The molecule has 0 bridgehead atoms. The minimum absolute atomic E-state index is 0.263. The molecule has 0 saturated heterocycles. The third-order valence-corrected chi connectivity index (χ3v) is 3.24. The fraction of sp³-hybridized carbons (Fsp3) is 0.0714. The van der Waals surface area contributed by atoms with Crippen LogP contribution < -0.4 is 11.1 Å². The maximum absolute atomic E-state index is 13.2. The lowest BCUT2D eigenvalue weighted by Gasteiger charge is -2.08. The van der Waals surface area contributed by atoms with Gasteiger partial charge in [-0.05, 0) is 53.2 Å². The van der Waals surface area contributed by atoms with E-state index in [2.05, 4.69) is 21.2 Å². The molecule has 0 aliphatic heterocycles. The standard InChI is InChI=1S/C14H12BrFN2O/c1-8-2-3-13(15)12(4-8)14(19)18-11-6-9(16)5-10(17)7-11/h2-7H,17H2,1H3,(H,18,19). The first-order chi connectivity index (χ1) is 8.95. The maximum Gasteiger partial charge on any atom is 0.256 e. The predicted molar refractivity (Wildman–Crippen MR) is 77.6 cm³/mol. The Morgan fingerprint density at radius 2 is 2.00 bits per heavy atom. The number of amides is 1. The average molecular weight is 323 g/mol. The van der Waals surface area contributed by atoms with Gasteiger partial charge in [-0.15, -0.1) is 0 Å². The van der Waals surface area contributed by atoms with Crippen LogP contribution >= 0.6 is 15.9 Å². The number of benzene rings is 2. The summed E-state index contributed by atoms with van der Waals surface area (Å²) in [7, 11) is 0. The van der Waals surface area contributed by atoms with Gasteiger partial charge in [-0.1, -0.05) is 11.6 Å². The number of nitrogens with one attached hydrogen (secondary N) is 1. The van der Waals surface area contributed by atoms with Crippen molar-refractivity contribution in [1.82, 2.24) is 0 Å². The van der Waals surface area contributed by atoms with Crippen molar-refractivity contribution in [2.75, 3.05) is 11.1 Å².